The third kappa shape index (κ3) is 5.75. The largest absolute Gasteiger partial charge is 0.419 e. The van der Waals surface area contributed by atoms with Crippen molar-refractivity contribution in [1.29, 1.82) is 0 Å². The molecule has 14 heteroatoms. The van der Waals surface area contributed by atoms with Gasteiger partial charge in [0.25, 0.3) is 12.3 Å². The van der Waals surface area contributed by atoms with Crippen molar-refractivity contribution in [1.82, 2.24) is 14.7 Å². The summed E-state index contributed by atoms with van der Waals surface area (Å²) in [5, 5.41) is 17.3. The second-order valence-corrected chi connectivity index (χ2v) is 8.92. The van der Waals surface area contributed by atoms with Gasteiger partial charge in [-0.3, -0.25) is 9.58 Å². The van der Waals surface area contributed by atoms with Crippen molar-refractivity contribution in [3.8, 4) is 0 Å². The van der Waals surface area contributed by atoms with Gasteiger partial charge in [-0.2, -0.15) is 27.1 Å². The Kier molecular flexibility index (Phi) is 7.49. The summed E-state index contributed by atoms with van der Waals surface area (Å²) < 4.78 is 114. The first-order valence-electron chi connectivity index (χ1n) is 11.2. The third-order valence-electron chi connectivity index (χ3n) is 6.29. The number of nitrogens with one attached hydrogen (secondary N) is 1. The molecule has 0 saturated carbocycles. The maximum Gasteiger partial charge on any atom is 0.419 e. The van der Waals surface area contributed by atoms with Gasteiger partial charge in [-0.25, -0.2) is 13.2 Å². The van der Waals surface area contributed by atoms with Crippen LogP contribution in [0.15, 0.2) is 18.2 Å². The Hall–Kier alpha value is -2.45. The Bertz CT molecular complexity index is 1080. The van der Waals surface area contributed by atoms with Gasteiger partial charge in [0.15, 0.2) is 6.35 Å². The molecule has 1 aromatic carbocycles. The Balaban J connectivity index is 1.50. The van der Waals surface area contributed by atoms with Gasteiger partial charge in [0.1, 0.15) is 18.1 Å². The van der Waals surface area contributed by atoms with E-state index in [-0.39, 0.29) is 56.0 Å². The first-order chi connectivity index (χ1) is 16.8. The molecule has 3 heterocycles. The number of benzene rings is 1. The highest BCUT2D eigenvalue weighted by atomic mass is 19.4. The molecule has 0 spiro atoms. The van der Waals surface area contributed by atoms with Crippen molar-refractivity contribution in [2.75, 3.05) is 25.1 Å². The SMILES string of the molecule is OC(Nc1ccc(F)c(C(F)(F)F)c1)N1CCc2nn3c(c2C1)C(F)(F)CC[C@H](COCC(F)F)C3. The van der Waals surface area contributed by atoms with E-state index in [2.05, 4.69) is 10.4 Å². The fourth-order valence-corrected chi connectivity index (χ4v) is 4.57. The molecule has 0 amide bonds. The van der Waals surface area contributed by atoms with Crippen molar-refractivity contribution in [2.24, 2.45) is 5.92 Å². The molecule has 2 atom stereocenters. The number of rotatable bonds is 7. The normalized spacial score (nSPS) is 21.1. The van der Waals surface area contributed by atoms with Gasteiger partial charge in [0.05, 0.1) is 17.9 Å². The van der Waals surface area contributed by atoms with Gasteiger partial charge >= 0.3 is 6.18 Å². The standard InChI is InChI=1S/C22H24F8N4O2/c23-16-2-1-13(7-15(16)22(28,29)30)31-20(35)33-6-4-17-14(9-33)19-21(26,27)5-3-12(8-34(19)32-17)10-36-11-18(24)25/h1-2,7,12,18,20,31,35H,3-6,8-11H2/t12-,20?/m0/s1. The highest BCUT2D eigenvalue weighted by Gasteiger charge is 2.44. The molecule has 0 fully saturated rings. The van der Waals surface area contributed by atoms with Crippen molar-refractivity contribution in [3.05, 3.63) is 46.5 Å². The van der Waals surface area contributed by atoms with Crippen LogP contribution in [-0.2, 0) is 36.3 Å². The third-order valence-corrected chi connectivity index (χ3v) is 6.29. The molecule has 0 aliphatic carbocycles. The van der Waals surface area contributed by atoms with Crippen molar-refractivity contribution < 1.29 is 45.0 Å². The summed E-state index contributed by atoms with van der Waals surface area (Å²) in [5.41, 5.74) is -1.42. The number of fused-ring (bicyclic) bond motifs is 3. The molecule has 0 saturated heterocycles. The summed E-state index contributed by atoms with van der Waals surface area (Å²) in [5.74, 6) is -5.17. The Morgan fingerprint density at radius 2 is 2.00 bits per heavy atom. The number of alkyl halides is 7. The van der Waals surface area contributed by atoms with Crippen LogP contribution in [0.2, 0.25) is 0 Å². The van der Waals surface area contributed by atoms with Crippen molar-refractivity contribution in [3.63, 3.8) is 0 Å². The van der Waals surface area contributed by atoms with Gasteiger partial charge in [-0.05, 0) is 24.6 Å². The molecule has 1 unspecified atom stereocenters. The van der Waals surface area contributed by atoms with Crippen LogP contribution in [-0.4, -0.2) is 52.3 Å². The van der Waals surface area contributed by atoms with Gasteiger partial charge < -0.3 is 15.2 Å². The zero-order chi connectivity index (χ0) is 26.3. The molecule has 1 aromatic heterocycles. The molecule has 0 bridgehead atoms. The number of halogens is 8. The van der Waals surface area contributed by atoms with Crippen LogP contribution in [0.1, 0.15) is 35.4 Å². The molecule has 2 aliphatic rings. The predicted octanol–water partition coefficient (Wildman–Crippen LogP) is 4.57. The van der Waals surface area contributed by atoms with E-state index in [4.69, 9.17) is 4.74 Å². The summed E-state index contributed by atoms with van der Waals surface area (Å²) in [7, 11) is 0. The minimum Gasteiger partial charge on any atom is -0.375 e. The van der Waals surface area contributed by atoms with Crippen LogP contribution >= 0.6 is 0 Å². The van der Waals surface area contributed by atoms with E-state index in [9.17, 15) is 31.4 Å². The number of ether oxygens (including phenoxy) is 1. The monoisotopic (exact) mass is 528 g/mol. The van der Waals surface area contributed by atoms with E-state index in [1.165, 1.54) is 9.58 Å². The van der Waals surface area contributed by atoms with E-state index < -0.39 is 55.2 Å². The lowest BCUT2D eigenvalue weighted by atomic mass is 9.98. The maximum atomic E-state index is 15.1. The van der Waals surface area contributed by atoms with Gasteiger partial charge in [-0.15, -0.1) is 0 Å². The van der Waals surface area contributed by atoms with Gasteiger partial charge in [0.2, 0.25) is 0 Å². The van der Waals surface area contributed by atoms with Crippen LogP contribution < -0.4 is 5.32 Å². The number of aliphatic hydroxyl groups excluding tert-OH is 1. The lowest BCUT2D eigenvalue weighted by molar-refractivity contribution is -0.139. The van der Waals surface area contributed by atoms with E-state index in [0.29, 0.717) is 17.8 Å². The lowest BCUT2D eigenvalue weighted by Crippen LogP contribution is -2.44. The molecule has 2 aliphatic heterocycles. The molecular weight excluding hydrogens is 504 g/mol. The highest BCUT2D eigenvalue weighted by Crippen LogP contribution is 2.42. The quantitative estimate of drug-likeness (QED) is 0.408. The van der Waals surface area contributed by atoms with E-state index in [0.717, 1.165) is 6.07 Å². The predicted molar refractivity (Wildman–Crippen MR) is 111 cm³/mol. The first-order valence-corrected chi connectivity index (χ1v) is 11.2. The van der Waals surface area contributed by atoms with Crippen LogP contribution in [0, 0.1) is 11.7 Å². The number of aliphatic hydroxyl groups is 1. The Morgan fingerprint density at radius 1 is 1.25 bits per heavy atom. The minimum atomic E-state index is -4.93. The molecule has 2 N–H and O–H groups in total. The second-order valence-electron chi connectivity index (χ2n) is 8.92. The molecule has 200 valence electrons. The van der Waals surface area contributed by atoms with Crippen LogP contribution in [0.4, 0.5) is 40.8 Å². The number of nitrogens with zero attached hydrogens (tertiary/aromatic N) is 3. The number of aromatic nitrogens is 2. The summed E-state index contributed by atoms with van der Waals surface area (Å²) in [6, 6.07) is 2.16. The zero-order valence-corrected chi connectivity index (χ0v) is 18.8. The second kappa shape index (κ2) is 10.1. The topological polar surface area (TPSA) is 62.5 Å². The first kappa shape index (κ1) is 26.6. The van der Waals surface area contributed by atoms with Gasteiger partial charge in [-0.1, -0.05) is 0 Å². The lowest BCUT2D eigenvalue weighted by Gasteiger charge is -2.32. The zero-order valence-electron chi connectivity index (χ0n) is 18.8. The minimum absolute atomic E-state index is 0.0361. The molecular formula is C22H24F8N4O2. The highest BCUT2D eigenvalue weighted by molar-refractivity contribution is 5.47. The van der Waals surface area contributed by atoms with Crippen LogP contribution in [0.25, 0.3) is 0 Å². The maximum absolute atomic E-state index is 15.1. The summed E-state index contributed by atoms with van der Waals surface area (Å²) in [6.45, 7) is -0.839. The fraction of sp³-hybridized carbons (Fsp3) is 0.591. The van der Waals surface area contributed by atoms with E-state index >= 15 is 8.78 Å². The molecule has 6 nitrogen and oxygen atoms in total. The molecule has 0 radical (unpaired) electrons. The van der Waals surface area contributed by atoms with E-state index in [1.807, 2.05) is 0 Å². The molecule has 36 heavy (non-hydrogen) atoms. The van der Waals surface area contributed by atoms with E-state index in [1.54, 1.807) is 0 Å². The number of hydrogen-bond acceptors (Lipinski definition) is 5. The molecule has 4 rings (SSSR count). The number of anilines is 1. The smallest absolute Gasteiger partial charge is 0.375 e. The summed E-state index contributed by atoms with van der Waals surface area (Å²) in [6.07, 6.45) is -9.45. The van der Waals surface area contributed by atoms with Crippen LogP contribution in [0.5, 0.6) is 0 Å². The average Bonchev–Trinajstić information content (AvgIpc) is 3.09. The van der Waals surface area contributed by atoms with Crippen molar-refractivity contribution in [2.45, 2.75) is 57.2 Å². The Labute approximate surface area is 200 Å². The fourth-order valence-electron chi connectivity index (χ4n) is 4.57. The summed E-state index contributed by atoms with van der Waals surface area (Å²) >= 11 is 0. The summed E-state index contributed by atoms with van der Waals surface area (Å²) in [4.78, 5) is 1.35. The average molecular weight is 528 g/mol. The number of hydrogen-bond donors (Lipinski definition) is 2. The van der Waals surface area contributed by atoms with Crippen LogP contribution in [0.3, 0.4) is 0 Å². The van der Waals surface area contributed by atoms with Gasteiger partial charge in [0, 0.05) is 49.6 Å². The Morgan fingerprint density at radius 3 is 2.69 bits per heavy atom. The molecule has 2 aromatic rings. The van der Waals surface area contributed by atoms with Crippen molar-refractivity contribution >= 4 is 5.69 Å².